The molecular weight excluding hydrogens is 415 g/mol. The lowest BCUT2D eigenvalue weighted by Gasteiger charge is -2.36. The summed E-state index contributed by atoms with van der Waals surface area (Å²) in [5.41, 5.74) is 3.65. The van der Waals surface area contributed by atoms with Crippen molar-refractivity contribution in [2.24, 2.45) is 0 Å². The second kappa shape index (κ2) is 7.97. The van der Waals surface area contributed by atoms with Crippen LogP contribution in [-0.2, 0) is 6.54 Å². The molecule has 2 aromatic heterocycles. The van der Waals surface area contributed by atoms with Crippen molar-refractivity contribution in [1.29, 1.82) is 0 Å². The number of carbonyl (C=O) groups is 1. The zero-order valence-corrected chi connectivity index (χ0v) is 18.2. The fourth-order valence-corrected chi connectivity index (χ4v) is 4.99. The van der Waals surface area contributed by atoms with E-state index in [4.69, 9.17) is 4.98 Å². The third-order valence-corrected chi connectivity index (χ3v) is 6.68. The molecule has 4 heterocycles. The predicted molar refractivity (Wildman–Crippen MR) is 117 cm³/mol. The Bertz CT molecular complexity index is 1170. The molecule has 1 amide bonds. The fourth-order valence-electron chi connectivity index (χ4n) is 4.33. The molecule has 2 aliphatic heterocycles. The lowest BCUT2D eigenvalue weighted by atomic mass is 9.99. The van der Waals surface area contributed by atoms with Crippen LogP contribution < -0.4 is 5.32 Å². The number of aromatic nitrogens is 4. The van der Waals surface area contributed by atoms with E-state index in [1.54, 1.807) is 12.1 Å². The van der Waals surface area contributed by atoms with Crippen LogP contribution in [0.5, 0.6) is 0 Å². The zero-order valence-electron chi connectivity index (χ0n) is 17.4. The number of hydrogen-bond donors (Lipinski definition) is 1. The summed E-state index contributed by atoms with van der Waals surface area (Å²) in [6, 6.07) is 5.57. The Labute approximate surface area is 183 Å². The highest BCUT2D eigenvalue weighted by atomic mass is 32.1. The number of halogens is 1. The third kappa shape index (κ3) is 3.57. The van der Waals surface area contributed by atoms with Crippen LogP contribution in [0.15, 0.2) is 30.3 Å². The summed E-state index contributed by atoms with van der Waals surface area (Å²) in [6.45, 7) is 6.79. The highest BCUT2D eigenvalue weighted by Crippen LogP contribution is 2.38. The van der Waals surface area contributed by atoms with Crippen LogP contribution in [0, 0.1) is 12.7 Å². The van der Waals surface area contributed by atoms with Gasteiger partial charge >= 0.3 is 0 Å². The van der Waals surface area contributed by atoms with Crippen LogP contribution in [0.25, 0.3) is 16.4 Å². The molecule has 1 N–H and O–H groups in total. The number of benzene rings is 1. The number of aryl methyl sites for hydroxylation is 1. The Morgan fingerprint density at radius 2 is 2.03 bits per heavy atom. The molecule has 0 spiro atoms. The van der Waals surface area contributed by atoms with Crippen LogP contribution in [0.4, 0.5) is 4.39 Å². The monoisotopic (exact) mass is 438 g/mol. The quantitative estimate of drug-likeness (QED) is 0.678. The van der Waals surface area contributed by atoms with Gasteiger partial charge in [-0.25, -0.2) is 14.4 Å². The molecule has 160 valence electrons. The number of amides is 1. The molecule has 1 atom stereocenters. The van der Waals surface area contributed by atoms with Gasteiger partial charge in [-0.15, -0.1) is 0 Å². The van der Waals surface area contributed by atoms with Crippen LogP contribution in [0.1, 0.15) is 47.0 Å². The highest BCUT2D eigenvalue weighted by Gasteiger charge is 2.35. The Morgan fingerprint density at radius 1 is 1.23 bits per heavy atom. The van der Waals surface area contributed by atoms with E-state index in [2.05, 4.69) is 25.3 Å². The fraction of sp³-hybridized carbons (Fsp3) is 0.364. The molecule has 0 radical (unpaired) electrons. The average Bonchev–Trinajstić information content (AvgIpc) is 3.39. The maximum absolute atomic E-state index is 13.3. The maximum atomic E-state index is 13.3. The molecule has 5 rings (SSSR count). The molecule has 0 unspecified atom stereocenters. The summed E-state index contributed by atoms with van der Waals surface area (Å²) < 4.78 is 19.9. The number of hydrogen-bond acceptors (Lipinski definition) is 6. The van der Waals surface area contributed by atoms with Crippen LogP contribution in [0.2, 0.25) is 0 Å². The van der Waals surface area contributed by atoms with E-state index >= 15 is 0 Å². The van der Waals surface area contributed by atoms with Crippen LogP contribution in [0.3, 0.4) is 0 Å². The van der Waals surface area contributed by atoms with Crippen LogP contribution in [-0.4, -0.2) is 49.3 Å². The molecule has 0 bridgehead atoms. The molecule has 3 aromatic rings. The molecule has 31 heavy (non-hydrogen) atoms. The summed E-state index contributed by atoms with van der Waals surface area (Å²) >= 11 is 1.35. The van der Waals surface area contributed by atoms with E-state index < -0.39 is 0 Å². The Balaban J connectivity index is 1.58. The van der Waals surface area contributed by atoms with E-state index in [9.17, 15) is 9.18 Å². The maximum Gasteiger partial charge on any atom is 0.254 e. The second-order valence-electron chi connectivity index (χ2n) is 7.83. The summed E-state index contributed by atoms with van der Waals surface area (Å²) in [6.07, 6.45) is 3.06. The number of nitrogens with zero attached hydrogens (tertiary/aromatic N) is 5. The summed E-state index contributed by atoms with van der Waals surface area (Å²) in [5, 5.41) is 4.14. The minimum absolute atomic E-state index is 0.0986. The van der Waals surface area contributed by atoms with E-state index in [0.717, 1.165) is 47.6 Å². The lowest BCUT2D eigenvalue weighted by molar-refractivity contribution is 0.0644. The summed E-state index contributed by atoms with van der Waals surface area (Å²) in [4.78, 5) is 24.7. The van der Waals surface area contributed by atoms with E-state index in [1.165, 1.54) is 29.2 Å². The van der Waals surface area contributed by atoms with Crippen molar-refractivity contribution < 1.29 is 9.18 Å². The molecule has 0 fully saturated rings. The minimum Gasteiger partial charge on any atom is -0.329 e. The van der Waals surface area contributed by atoms with E-state index in [0.29, 0.717) is 18.7 Å². The van der Waals surface area contributed by atoms with Gasteiger partial charge in [0.1, 0.15) is 11.6 Å². The molecule has 2 aliphatic rings. The van der Waals surface area contributed by atoms with Gasteiger partial charge in [-0.2, -0.15) is 4.37 Å². The first-order chi connectivity index (χ1) is 15.0. The smallest absolute Gasteiger partial charge is 0.254 e. The van der Waals surface area contributed by atoms with Gasteiger partial charge in [-0.05, 0) is 68.2 Å². The van der Waals surface area contributed by atoms with Gasteiger partial charge < -0.3 is 14.8 Å². The predicted octanol–water partition coefficient (Wildman–Crippen LogP) is 3.44. The molecule has 0 saturated carbocycles. The van der Waals surface area contributed by atoms with Gasteiger partial charge in [0, 0.05) is 25.2 Å². The second-order valence-corrected chi connectivity index (χ2v) is 8.58. The van der Waals surface area contributed by atoms with Gasteiger partial charge in [-0.1, -0.05) is 6.08 Å². The standard InChI is InChI=1S/C22H23FN6OS/c1-13-19-18(15-7-9-24-10-8-15)26-20(21-25-14(2)27-31-21)29(19)12-11-28(13)22(30)16-3-5-17(23)6-4-16/h3-7,13,24H,8-12H2,1-2H3/t13-/m1/s1. The number of fused-ring (bicyclic) bond motifs is 1. The summed E-state index contributed by atoms with van der Waals surface area (Å²) in [7, 11) is 0. The lowest BCUT2D eigenvalue weighted by Crippen LogP contribution is -2.41. The Kier molecular flexibility index (Phi) is 5.15. The number of nitrogens with one attached hydrogen (secondary N) is 1. The van der Waals surface area contributed by atoms with Crippen LogP contribution >= 0.6 is 11.5 Å². The van der Waals surface area contributed by atoms with Crippen molar-refractivity contribution in [3.05, 3.63) is 58.9 Å². The van der Waals surface area contributed by atoms with E-state index in [1.807, 2.05) is 18.7 Å². The largest absolute Gasteiger partial charge is 0.329 e. The van der Waals surface area contributed by atoms with Crippen molar-refractivity contribution in [3.63, 3.8) is 0 Å². The first-order valence-corrected chi connectivity index (χ1v) is 11.2. The first-order valence-electron chi connectivity index (χ1n) is 10.4. The Morgan fingerprint density at radius 3 is 2.71 bits per heavy atom. The minimum atomic E-state index is -0.349. The molecule has 0 saturated heterocycles. The van der Waals surface area contributed by atoms with Crippen molar-refractivity contribution in [1.82, 2.24) is 29.1 Å². The van der Waals surface area contributed by atoms with Crippen molar-refractivity contribution in [2.75, 3.05) is 19.6 Å². The molecular formula is C22H23FN6OS. The molecule has 0 aliphatic carbocycles. The van der Waals surface area contributed by atoms with Crippen molar-refractivity contribution in [3.8, 4) is 10.8 Å². The first kappa shape index (κ1) is 20.0. The third-order valence-electron chi connectivity index (χ3n) is 5.87. The van der Waals surface area contributed by atoms with E-state index in [-0.39, 0.29) is 17.8 Å². The topological polar surface area (TPSA) is 75.9 Å². The Hall–Kier alpha value is -2.91. The molecule has 9 heteroatoms. The number of rotatable bonds is 3. The van der Waals surface area contributed by atoms with Crippen molar-refractivity contribution >= 4 is 23.0 Å². The number of imidazole rings is 1. The molecule has 1 aromatic carbocycles. The van der Waals surface area contributed by atoms with Gasteiger partial charge in [0.2, 0.25) is 0 Å². The zero-order chi connectivity index (χ0) is 21.5. The molecule has 7 nitrogen and oxygen atoms in total. The van der Waals surface area contributed by atoms with Crippen molar-refractivity contribution in [2.45, 2.75) is 32.9 Å². The average molecular weight is 439 g/mol. The van der Waals surface area contributed by atoms with Gasteiger partial charge in [0.05, 0.1) is 17.4 Å². The summed E-state index contributed by atoms with van der Waals surface area (Å²) in [5.74, 6) is 1.10. The normalized spacial score (nSPS) is 18.6. The SMILES string of the molecule is Cc1nsc(-c2nc(C3=CCNCC3)c3n2CCN(C(=O)c2ccc(F)cc2)[C@@H]3C)n1. The number of carbonyl (C=O) groups excluding carboxylic acids is 1. The highest BCUT2D eigenvalue weighted by molar-refractivity contribution is 7.09. The van der Waals surface area contributed by atoms with Gasteiger partial charge in [0.25, 0.3) is 5.91 Å². The van der Waals surface area contributed by atoms with Gasteiger partial charge in [0.15, 0.2) is 10.8 Å². The van der Waals surface area contributed by atoms with Gasteiger partial charge in [-0.3, -0.25) is 4.79 Å².